The van der Waals surface area contributed by atoms with E-state index in [0.29, 0.717) is 6.04 Å². The van der Waals surface area contributed by atoms with E-state index in [1.165, 1.54) is 12.8 Å². The van der Waals surface area contributed by atoms with Crippen molar-refractivity contribution in [2.24, 2.45) is 11.7 Å². The highest BCUT2D eigenvalue weighted by molar-refractivity contribution is 5.78. The van der Waals surface area contributed by atoms with Crippen LogP contribution in [0.3, 0.4) is 0 Å². The number of nitrogens with two attached hydrogens (primary N) is 1. The number of aliphatic hydroxyl groups is 1. The summed E-state index contributed by atoms with van der Waals surface area (Å²) in [4.78, 5) is 10.6. The molecule has 0 heterocycles. The lowest BCUT2D eigenvalue weighted by molar-refractivity contribution is -0.125. The first-order valence-corrected chi connectivity index (χ1v) is 5.30. The summed E-state index contributed by atoms with van der Waals surface area (Å²) in [5, 5.41) is 12.4. The zero-order valence-electron chi connectivity index (χ0n) is 8.70. The lowest BCUT2D eigenvalue weighted by Crippen LogP contribution is -2.43. The SMILES string of the molecule is CC1CCCC(NCC(O)C(N)=O)C1. The van der Waals surface area contributed by atoms with Crippen LogP contribution in [0.2, 0.25) is 0 Å². The number of aliphatic hydroxyl groups excluding tert-OH is 1. The van der Waals surface area contributed by atoms with Crippen LogP contribution in [-0.4, -0.2) is 29.7 Å². The topological polar surface area (TPSA) is 75.3 Å². The molecule has 4 N–H and O–H groups in total. The molecule has 82 valence electrons. The number of hydrogen-bond acceptors (Lipinski definition) is 3. The maximum absolute atomic E-state index is 10.6. The lowest BCUT2D eigenvalue weighted by atomic mass is 9.87. The summed E-state index contributed by atoms with van der Waals surface area (Å²) in [6.07, 6.45) is 3.73. The second-order valence-electron chi connectivity index (χ2n) is 4.30. The molecule has 0 aliphatic heterocycles. The third kappa shape index (κ3) is 3.64. The summed E-state index contributed by atoms with van der Waals surface area (Å²) in [5.74, 6) is 0.0910. The van der Waals surface area contributed by atoms with Crippen LogP contribution in [0.25, 0.3) is 0 Å². The Bertz CT molecular complexity index is 197. The van der Waals surface area contributed by atoms with Crippen molar-refractivity contribution < 1.29 is 9.90 Å². The monoisotopic (exact) mass is 200 g/mol. The van der Waals surface area contributed by atoms with Gasteiger partial charge in [0, 0.05) is 12.6 Å². The molecule has 0 radical (unpaired) electrons. The molecule has 3 unspecified atom stereocenters. The molecule has 0 saturated heterocycles. The standard InChI is InChI=1S/C10H20N2O2/c1-7-3-2-4-8(5-7)12-6-9(13)10(11)14/h7-9,12-13H,2-6H2,1H3,(H2,11,14). The molecule has 0 aromatic carbocycles. The Labute approximate surface area is 84.9 Å². The molecule has 0 aromatic rings. The average Bonchev–Trinajstić information content (AvgIpc) is 2.14. The Hall–Kier alpha value is -0.610. The second-order valence-corrected chi connectivity index (χ2v) is 4.30. The van der Waals surface area contributed by atoms with E-state index in [9.17, 15) is 9.90 Å². The summed E-state index contributed by atoms with van der Waals surface area (Å²) in [5.41, 5.74) is 4.95. The highest BCUT2D eigenvalue weighted by Crippen LogP contribution is 2.23. The number of carbonyl (C=O) groups excluding carboxylic acids is 1. The van der Waals surface area contributed by atoms with Gasteiger partial charge in [-0.15, -0.1) is 0 Å². The Morgan fingerprint density at radius 3 is 2.93 bits per heavy atom. The third-order valence-electron chi connectivity index (χ3n) is 2.86. The normalized spacial score (nSPS) is 29.9. The van der Waals surface area contributed by atoms with Gasteiger partial charge >= 0.3 is 0 Å². The molecular weight excluding hydrogens is 180 g/mol. The van der Waals surface area contributed by atoms with Crippen molar-refractivity contribution in [1.82, 2.24) is 5.32 Å². The first kappa shape index (κ1) is 11.5. The third-order valence-corrected chi connectivity index (χ3v) is 2.86. The molecule has 14 heavy (non-hydrogen) atoms. The van der Waals surface area contributed by atoms with Gasteiger partial charge in [-0.3, -0.25) is 4.79 Å². The van der Waals surface area contributed by atoms with Gasteiger partial charge < -0.3 is 16.2 Å². The summed E-state index contributed by atoms with van der Waals surface area (Å²) in [7, 11) is 0. The molecule has 1 aliphatic carbocycles. The van der Waals surface area contributed by atoms with Gasteiger partial charge in [0.2, 0.25) is 5.91 Å². The van der Waals surface area contributed by atoms with E-state index in [4.69, 9.17) is 5.73 Å². The molecular formula is C10H20N2O2. The van der Waals surface area contributed by atoms with Gasteiger partial charge in [0.05, 0.1) is 0 Å². The molecule has 4 nitrogen and oxygen atoms in total. The Kier molecular flexibility index (Phi) is 4.35. The van der Waals surface area contributed by atoms with Crippen molar-refractivity contribution in [2.45, 2.75) is 44.8 Å². The summed E-state index contributed by atoms with van der Waals surface area (Å²) in [6, 6.07) is 0.438. The van der Waals surface area contributed by atoms with Gasteiger partial charge in [-0.1, -0.05) is 19.8 Å². The van der Waals surface area contributed by atoms with Crippen molar-refractivity contribution in [1.29, 1.82) is 0 Å². The molecule has 4 heteroatoms. The van der Waals surface area contributed by atoms with Crippen LogP contribution in [0.15, 0.2) is 0 Å². The predicted molar refractivity (Wildman–Crippen MR) is 54.6 cm³/mol. The van der Waals surface area contributed by atoms with Gasteiger partial charge in [0.25, 0.3) is 0 Å². The van der Waals surface area contributed by atoms with Crippen molar-refractivity contribution in [3.05, 3.63) is 0 Å². The molecule has 1 rings (SSSR count). The first-order chi connectivity index (χ1) is 6.59. The number of hydrogen-bond donors (Lipinski definition) is 3. The van der Waals surface area contributed by atoms with Gasteiger partial charge in [0.15, 0.2) is 0 Å². The quantitative estimate of drug-likeness (QED) is 0.598. The molecule has 0 aromatic heterocycles. The zero-order chi connectivity index (χ0) is 10.6. The molecule has 1 amide bonds. The molecule has 0 spiro atoms. The van der Waals surface area contributed by atoms with Crippen molar-refractivity contribution >= 4 is 5.91 Å². The number of carbonyl (C=O) groups is 1. The zero-order valence-corrected chi connectivity index (χ0v) is 8.70. The first-order valence-electron chi connectivity index (χ1n) is 5.30. The largest absolute Gasteiger partial charge is 0.382 e. The van der Waals surface area contributed by atoms with E-state index < -0.39 is 12.0 Å². The number of primary amides is 1. The fourth-order valence-corrected chi connectivity index (χ4v) is 2.00. The maximum Gasteiger partial charge on any atom is 0.247 e. The molecule has 1 aliphatic rings. The summed E-state index contributed by atoms with van der Waals surface area (Å²) >= 11 is 0. The lowest BCUT2D eigenvalue weighted by Gasteiger charge is -2.28. The van der Waals surface area contributed by atoms with Crippen LogP contribution >= 0.6 is 0 Å². The van der Waals surface area contributed by atoms with Crippen LogP contribution in [0, 0.1) is 5.92 Å². The van der Waals surface area contributed by atoms with Crippen LogP contribution in [-0.2, 0) is 4.79 Å². The van der Waals surface area contributed by atoms with E-state index in [1.54, 1.807) is 0 Å². The van der Waals surface area contributed by atoms with Crippen LogP contribution in [0.4, 0.5) is 0 Å². The van der Waals surface area contributed by atoms with Crippen molar-refractivity contribution in [3.8, 4) is 0 Å². The Morgan fingerprint density at radius 2 is 2.36 bits per heavy atom. The van der Waals surface area contributed by atoms with Gasteiger partial charge in [-0.05, 0) is 18.8 Å². The van der Waals surface area contributed by atoms with Gasteiger partial charge in [0.1, 0.15) is 6.10 Å². The molecule has 0 bridgehead atoms. The fraction of sp³-hybridized carbons (Fsp3) is 0.900. The number of amides is 1. The van der Waals surface area contributed by atoms with Crippen molar-refractivity contribution in [3.63, 3.8) is 0 Å². The molecule has 3 atom stereocenters. The minimum atomic E-state index is -1.05. The van der Waals surface area contributed by atoms with E-state index in [2.05, 4.69) is 12.2 Å². The van der Waals surface area contributed by atoms with E-state index >= 15 is 0 Å². The minimum Gasteiger partial charge on any atom is -0.382 e. The highest BCUT2D eigenvalue weighted by atomic mass is 16.3. The predicted octanol–water partition coefficient (Wildman–Crippen LogP) is 0.000900. The van der Waals surface area contributed by atoms with E-state index in [-0.39, 0.29) is 6.54 Å². The van der Waals surface area contributed by atoms with Crippen LogP contribution in [0.1, 0.15) is 32.6 Å². The highest BCUT2D eigenvalue weighted by Gasteiger charge is 2.20. The summed E-state index contributed by atoms with van der Waals surface area (Å²) < 4.78 is 0. The second kappa shape index (κ2) is 5.32. The van der Waals surface area contributed by atoms with E-state index in [1.807, 2.05) is 0 Å². The van der Waals surface area contributed by atoms with Crippen LogP contribution < -0.4 is 11.1 Å². The average molecular weight is 200 g/mol. The van der Waals surface area contributed by atoms with Gasteiger partial charge in [-0.2, -0.15) is 0 Å². The van der Waals surface area contributed by atoms with E-state index in [0.717, 1.165) is 18.8 Å². The maximum atomic E-state index is 10.6. The molecule has 1 saturated carbocycles. The van der Waals surface area contributed by atoms with Crippen LogP contribution in [0.5, 0.6) is 0 Å². The van der Waals surface area contributed by atoms with Crippen molar-refractivity contribution in [2.75, 3.05) is 6.54 Å². The number of rotatable bonds is 4. The number of nitrogens with one attached hydrogen (secondary N) is 1. The summed E-state index contributed by atoms with van der Waals surface area (Å²) in [6.45, 7) is 2.52. The minimum absolute atomic E-state index is 0.284. The Morgan fingerprint density at radius 1 is 1.64 bits per heavy atom. The smallest absolute Gasteiger partial charge is 0.247 e. The fourth-order valence-electron chi connectivity index (χ4n) is 2.00. The molecule has 1 fully saturated rings. The van der Waals surface area contributed by atoms with Gasteiger partial charge in [-0.25, -0.2) is 0 Å². The Balaban J connectivity index is 2.20.